The predicted octanol–water partition coefficient (Wildman–Crippen LogP) is 0.901. The summed E-state index contributed by atoms with van der Waals surface area (Å²) >= 11 is 0. The van der Waals surface area contributed by atoms with E-state index in [-0.39, 0.29) is 24.1 Å². The van der Waals surface area contributed by atoms with Crippen molar-refractivity contribution in [2.45, 2.75) is 13.0 Å². The van der Waals surface area contributed by atoms with Gasteiger partial charge in [0.15, 0.2) is 0 Å². The number of benzene rings is 1. The van der Waals surface area contributed by atoms with Crippen molar-refractivity contribution in [1.82, 2.24) is 5.32 Å². The number of hydrogen-bond donors (Lipinski definition) is 2. The fraction of sp³-hybridized carbons (Fsp3) is 0.357. The Labute approximate surface area is 112 Å². The molecule has 0 saturated carbocycles. The number of carbonyl (C=O) groups is 1. The summed E-state index contributed by atoms with van der Waals surface area (Å²) in [7, 11) is 1.55. The normalized spacial score (nSPS) is 11.4. The minimum Gasteiger partial charge on any atom is -0.380 e. The van der Waals surface area contributed by atoms with E-state index in [1.54, 1.807) is 7.11 Å². The maximum Gasteiger partial charge on any atom is 0.252 e. The van der Waals surface area contributed by atoms with Gasteiger partial charge in [-0.05, 0) is 25.1 Å². The topological polar surface area (TPSA) is 64.3 Å². The van der Waals surface area contributed by atoms with Crippen LogP contribution < -0.4 is 11.1 Å². The molecule has 0 radical (unpaired) electrons. The second-order valence-corrected chi connectivity index (χ2v) is 3.95. The molecule has 19 heavy (non-hydrogen) atoms. The zero-order chi connectivity index (χ0) is 14.3. The van der Waals surface area contributed by atoms with Crippen molar-refractivity contribution in [2.24, 2.45) is 5.73 Å². The standard InChI is InChI=1S/C14H17FN2O2/c1-10(19-2)9-17-14(18)13-8-12(15)6-5-11(13)4-3-7-16/h5-6,8,10H,7,9,16H2,1-2H3,(H,17,18). The van der Waals surface area contributed by atoms with Gasteiger partial charge in [0.25, 0.3) is 5.91 Å². The zero-order valence-corrected chi connectivity index (χ0v) is 11.0. The van der Waals surface area contributed by atoms with Crippen molar-refractivity contribution < 1.29 is 13.9 Å². The first-order valence-corrected chi connectivity index (χ1v) is 5.88. The number of hydrogen-bond acceptors (Lipinski definition) is 3. The Bertz CT molecular complexity index is 506. The maximum absolute atomic E-state index is 13.2. The van der Waals surface area contributed by atoms with Gasteiger partial charge in [-0.1, -0.05) is 11.8 Å². The lowest BCUT2D eigenvalue weighted by Crippen LogP contribution is -2.32. The van der Waals surface area contributed by atoms with E-state index in [0.29, 0.717) is 12.1 Å². The third-order valence-electron chi connectivity index (χ3n) is 2.50. The second-order valence-electron chi connectivity index (χ2n) is 3.95. The van der Waals surface area contributed by atoms with Crippen LogP contribution in [0.1, 0.15) is 22.8 Å². The van der Waals surface area contributed by atoms with Gasteiger partial charge < -0.3 is 15.8 Å². The quantitative estimate of drug-likeness (QED) is 0.794. The molecule has 1 amide bonds. The van der Waals surface area contributed by atoms with E-state index in [0.717, 1.165) is 6.07 Å². The van der Waals surface area contributed by atoms with Crippen LogP contribution in [0.3, 0.4) is 0 Å². The maximum atomic E-state index is 13.2. The van der Waals surface area contributed by atoms with Gasteiger partial charge in [0.05, 0.1) is 18.2 Å². The lowest BCUT2D eigenvalue weighted by atomic mass is 10.1. The Morgan fingerprint density at radius 3 is 2.95 bits per heavy atom. The molecule has 1 aromatic carbocycles. The molecule has 0 heterocycles. The van der Waals surface area contributed by atoms with E-state index < -0.39 is 5.82 Å². The van der Waals surface area contributed by atoms with Crippen LogP contribution >= 0.6 is 0 Å². The van der Waals surface area contributed by atoms with Crippen LogP contribution in [0.4, 0.5) is 4.39 Å². The number of methoxy groups -OCH3 is 1. The average Bonchev–Trinajstić information content (AvgIpc) is 2.42. The first-order valence-electron chi connectivity index (χ1n) is 5.88. The molecular weight excluding hydrogens is 247 g/mol. The van der Waals surface area contributed by atoms with Crippen molar-refractivity contribution in [2.75, 3.05) is 20.2 Å². The number of halogens is 1. The Morgan fingerprint density at radius 2 is 2.32 bits per heavy atom. The molecule has 0 aliphatic carbocycles. The molecule has 1 rings (SSSR count). The molecule has 0 spiro atoms. The Hall–Kier alpha value is -1.90. The molecule has 0 fully saturated rings. The highest BCUT2D eigenvalue weighted by Gasteiger charge is 2.12. The fourth-order valence-corrected chi connectivity index (χ4v) is 1.37. The highest BCUT2D eigenvalue weighted by atomic mass is 19.1. The van der Waals surface area contributed by atoms with Gasteiger partial charge >= 0.3 is 0 Å². The lowest BCUT2D eigenvalue weighted by molar-refractivity contribution is 0.0870. The number of carbonyl (C=O) groups excluding carboxylic acids is 1. The van der Waals surface area contributed by atoms with Crippen LogP contribution in [-0.2, 0) is 4.74 Å². The number of rotatable bonds is 4. The van der Waals surface area contributed by atoms with E-state index in [1.165, 1.54) is 12.1 Å². The van der Waals surface area contributed by atoms with E-state index in [9.17, 15) is 9.18 Å². The van der Waals surface area contributed by atoms with Crippen LogP contribution in [0, 0.1) is 17.7 Å². The first-order chi connectivity index (χ1) is 9.08. The van der Waals surface area contributed by atoms with Gasteiger partial charge in [-0.15, -0.1) is 0 Å². The molecule has 0 aliphatic rings. The molecule has 0 bridgehead atoms. The van der Waals surface area contributed by atoms with Crippen LogP contribution in [-0.4, -0.2) is 32.2 Å². The third kappa shape index (κ3) is 4.70. The third-order valence-corrected chi connectivity index (χ3v) is 2.50. The largest absolute Gasteiger partial charge is 0.380 e. The summed E-state index contributed by atoms with van der Waals surface area (Å²) in [5.41, 5.74) is 5.94. The highest BCUT2D eigenvalue weighted by molar-refractivity contribution is 5.96. The molecular formula is C14H17FN2O2. The summed E-state index contributed by atoms with van der Waals surface area (Å²) in [4.78, 5) is 12.0. The average molecular weight is 264 g/mol. The van der Waals surface area contributed by atoms with Crippen LogP contribution in [0.5, 0.6) is 0 Å². The second kappa shape index (κ2) is 7.52. The van der Waals surface area contributed by atoms with Crippen LogP contribution in [0.15, 0.2) is 18.2 Å². The van der Waals surface area contributed by atoms with E-state index in [1.807, 2.05) is 6.92 Å². The summed E-state index contributed by atoms with van der Waals surface area (Å²) in [6.45, 7) is 2.34. The SMILES string of the molecule is COC(C)CNC(=O)c1cc(F)ccc1C#CCN. The van der Waals surface area contributed by atoms with Gasteiger partial charge in [-0.2, -0.15) is 0 Å². The van der Waals surface area contributed by atoms with Gasteiger partial charge in [-0.25, -0.2) is 4.39 Å². The van der Waals surface area contributed by atoms with E-state index in [2.05, 4.69) is 17.2 Å². The number of nitrogens with one attached hydrogen (secondary N) is 1. The Balaban J connectivity index is 2.90. The van der Waals surface area contributed by atoms with Crippen molar-refractivity contribution >= 4 is 5.91 Å². The summed E-state index contributed by atoms with van der Waals surface area (Å²) in [6.07, 6.45) is -0.115. The van der Waals surface area contributed by atoms with Crippen molar-refractivity contribution in [3.8, 4) is 11.8 Å². The molecule has 5 heteroatoms. The fourth-order valence-electron chi connectivity index (χ4n) is 1.37. The predicted molar refractivity (Wildman–Crippen MR) is 71.1 cm³/mol. The molecule has 0 aromatic heterocycles. The molecule has 0 saturated heterocycles. The molecule has 0 aliphatic heterocycles. The highest BCUT2D eigenvalue weighted by Crippen LogP contribution is 2.10. The van der Waals surface area contributed by atoms with E-state index >= 15 is 0 Å². The van der Waals surface area contributed by atoms with E-state index in [4.69, 9.17) is 10.5 Å². The molecule has 4 nitrogen and oxygen atoms in total. The van der Waals surface area contributed by atoms with Gasteiger partial charge in [0.2, 0.25) is 0 Å². The van der Waals surface area contributed by atoms with Gasteiger partial charge in [0.1, 0.15) is 5.82 Å². The number of amides is 1. The van der Waals surface area contributed by atoms with Crippen molar-refractivity contribution in [3.63, 3.8) is 0 Å². The molecule has 1 aromatic rings. The summed E-state index contributed by atoms with van der Waals surface area (Å²) in [5.74, 6) is 4.53. The first kappa shape index (κ1) is 15.2. The minimum atomic E-state index is -0.483. The number of nitrogens with two attached hydrogens (primary N) is 1. The van der Waals surface area contributed by atoms with Crippen molar-refractivity contribution in [1.29, 1.82) is 0 Å². The summed E-state index contributed by atoms with van der Waals surface area (Å²) < 4.78 is 18.2. The molecule has 1 atom stereocenters. The Kier molecular flexibility index (Phi) is 6.00. The van der Waals surface area contributed by atoms with Crippen molar-refractivity contribution in [3.05, 3.63) is 35.1 Å². The minimum absolute atomic E-state index is 0.115. The van der Waals surface area contributed by atoms with Gasteiger partial charge in [-0.3, -0.25) is 4.79 Å². The monoisotopic (exact) mass is 264 g/mol. The molecule has 1 unspecified atom stereocenters. The molecule has 102 valence electrons. The summed E-state index contributed by atoms with van der Waals surface area (Å²) in [5, 5.41) is 2.66. The number of ether oxygens (including phenoxy) is 1. The lowest BCUT2D eigenvalue weighted by Gasteiger charge is -2.11. The Morgan fingerprint density at radius 1 is 1.58 bits per heavy atom. The van der Waals surface area contributed by atoms with Gasteiger partial charge in [0, 0.05) is 19.2 Å². The van der Waals surface area contributed by atoms with Crippen LogP contribution in [0.25, 0.3) is 0 Å². The zero-order valence-electron chi connectivity index (χ0n) is 11.0. The summed E-state index contributed by atoms with van der Waals surface area (Å²) in [6, 6.07) is 3.88. The molecule has 3 N–H and O–H groups in total. The van der Waals surface area contributed by atoms with Crippen LogP contribution in [0.2, 0.25) is 0 Å². The smallest absolute Gasteiger partial charge is 0.252 e.